The highest BCUT2D eigenvalue weighted by Crippen LogP contribution is 2.34. The number of nitrogens with two attached hydrogens (primary N) is 1. The Bertz CT molecular complexity index is 655. The van der Waals surface area contributed by atoms with Crippen LogP contribution in [0.2, 0.25) is 5.02 Å². The first-order chi connectivity index (χ1) is 9.92. The highest BCUT2D eigenvalue weighted by molar-refractivity contribution is 6.31. The molecule has 0 saturated carbocycles. The van der Waals surface area contributed by atoms with Crippen molar-refractivity contribution in [3.8, 4) is 11.5 Å². The number of ether oxygens (including phenoxy) is 1. The second-order valence-electron chi connectivity index (χ2n) is 5.35. The molecule has 0 aliphatic rings. The maximum atomic E-state index is 13.2. The minimum atomic E-state index is -0.321. The van der Waals surface area contributed by atoms with Crippen LogP contribution in [0.15, 0.2) is 30.3 Å². The fraction of sp³-hybridized carbons (Fsp3) is 0.294. The van der Waals surface area contributed by atoms with E-state index in [1.807, 2.05) is 19.1 Å². The van der Waals surface area contributed by atoms with Crippen LogP contribution < -0.4 is 10.5 Å². The van der Waals surface area contributed by atoms with Gasteiger partial charge in [-0.15, -0.1) is 0 Å². The molecule has 0 heterocycles. The monoisotopic (exact) mass is 307 g/mol. The number of halogens is 2. The van der Waals surface area contributed by atoms with Crippen LogP contribution in [0.1, 0.15) is 36.5 Å². The summed E-state index contributed by atoms with van der Waals surface area (Å²) in [6.45, 7) is 6.29. The number of hydrogen-bond donors (Lipinski definition) is 1. The average molecular weight is 308 g/mol. The quantitative estimate of drug-likeness (QED) is 0.846. The molecule has 0 saturated heterocycles. The predicted octanol–water partition coefficient (Wildman–Crippen LogP) is 5.16. The molecule has 0 fully saturated rings. The summed E-state index contributed by atoms with van der Waals surface area (Å²) in [6, 6.07) is 8.18. The molecule has 0 atom stereocenters. The lowest BCUT2D eigenvalue weighted by Crippen LogP contribution is -2.01. The summed E-state index contributed by atoms with van der Waals surface area (Å²) in [5, 5.41) is 0.730. The maximum absolute atomic E-state index is 13.2. The molecule has 0 aliphatic carbocycles. The van der Waals surface area contributed by atoms with Gasteiger partial charge in [-0.25, -0.2) is 4.39 Å². The first-order valence-corrected chi connectivity index (χ1v) is 7.26. The molecule has 2 nitrogen and oxygen atoms in total. The lowest BCUT2D eigenvalue weighted by Gasteiger charge is -2.16. The second-order valence-corrected chi connectivity index (χ2v) is 5.76. The van der Waals surface area contributed by atoms with E-state index in [0.29, 0.717) is 23.0 Å². The number of rotatable bonds is 4. The molecule has 0 bridgehead atoms. The van der Waals surface area contributed by atoms with Gasteiger partial charge in [0.1, 0.15) is 17.3 Å². The maximum Gasteiger partial charge on any atom is 0.132 e. The molecule has 0 amide bonds. The minimum Gasteiger partial charge on any atom is -0.457 e. The fourth-order valence-corrected chi connectivity index (χ4v) is 2.58. The van der Waals surface area contributed by atoms with Crippen LogP contribution in [0.5, 0.6) is 11.5 Å². The summed E-state index contributed by atoms with van der Waals surface area (Å²) in [4.78, 5) is 0. The molecule has 112 valence electrons. The van der Waals surface area contributed by atoms with Crippen LogP contribution in [-0.4, -0.2) is 0 Å². The van der Waals surface area contributed by atoms with Crippen LogP contribution in [0.25, 0.3) is 0 Å². The molecule has 0 aliphatic heterocycles. The normalized spacial score (nSPS) is 11.0. The highest BCUT2D eigenvalue weighted by atomic mass is 35.5. The van der Waals surface area contributed by atoms with Crippen molar-refractivity contribution >= 4 is 11.6 Å². The highest BCUT2D eigenvalue weighted by Gasteiger charge is 2.12. The van der Waals surface area contributed by atoms with E-state index in [4.69, 9.17) is 22.1 Å². The van der Waals surface area contributed by atoms with Gasteiger partial charge in [-0.05, 0) is 54.3 Å². The lowest BCUT2D eigenvalue weighted by atomic mass is 10.0. The lowest BCUT2D eigenvalue weighted by molar-refractivity contribution is 0.469. The summed E-state index contributed by atoms with van der Waals surface area (Å²) in [5.41, 5.74) is 8.23. The third-order valence-electron chi connectivity index (χ3n) is 3.38. The van der Waals surface area contributed by atoms with E-state index in [0.717, 1.165) is 16.1 Å². The van der Waals surface area contributed by atoms with Crippen LogP contribution in [0.3, 0.4) is 0 Å². The van der Waals surface area contributed by atoms with Gasteiger partial charge in [-0.1, -0.05) is 25.4 Å². The third-order valence-corrected chi connectivity index (χ3v) is 3.71. The molecule has 0 aromatic heterocycles. The molecule has 0 unspecified atom stereocenters. The van der Waals surface area contributed by atoms with Crippen LogP contribution in [0, 0.1) is 12.7 Å². The van der Waals surface area contributed by atoms with Gasteiger partial charge >= 0.3 is 0 Å². The van der Waals surface area contributed by atoms with Crippen molar-refractivity contribution in [3.63, 3.8) is 0 Å². The Hall–Kier alpha value is -1.58. The van der Waals surface area contributed by atoms with Gasteiger partial charge in [0.05, 0.1) is 0 Å². The number of benzene rings is 2. The van der Waals surface area contributed by atoms with Gasteiger partial charge in [0.2, 0.25) is 0 Å². The molecule has 2 aromatic rings. The zero-order chi connectivity index (χ0) is 15.6. The fourth-order valence-electron chi connectivity index (χ4n) is 2.15. The summed E-state index contributed by atoms with van der Waals surface area (Å²) in [6.07, 6.45) is 0. The van der Waals surface area contributed by atoms with E-state index in [1.165, 1.54) is 12.1 Å². The molecule has 2 aromatic carbocycles. The van der Waals surface area contributed by atoms with Crippen molar-refractivity contribution in [2.75, 3.05) is 0 Å². The Morgan fingerprint density at radius 2 is 1.90 bits per heavy atom. The molecular formula is C17H19ClFNO. The van der Waals surface area contributed by atoms with Gasteiger partial charge in [0.25, 0.3) is 0 Å². The van der Waals surface area contributed by atoms with Crippen LogP contribution >= 0.6 is 11.6 Å². The summed E-state index contributed by atoms with van der Waals surface area (Å²) < 4.78 is 19.2. The average Bonchev–Trinajstić information content (AvgIpc) is 2.42. The molecule has 0 radical (unpaired) electrons. The van der Waals surface area contributed by atoms with Crippen molar-refractivity contribution in [2.24, 2.45) is 5.73 Å². The van der Waals surface area contributed by atoms with Gasteiger partial charge in [0, 0.05) is 17.1 Å². The Balaban J connectivity index is 2.42. The first-order valence-electron chi connectivity index (χ1n) is 6.88. The van der Waals surface area contributed by atoms with Gasteiger partial charge in [-0.3, -0.25) is 0 Å². The minimum absolute atomic E-state index is 0.219. The topological polar surface area (TPSA) is 35.2 Å². The van der Waals surface area contributed by atoms with Crippen molar-refractivity contribution in [3.05, 3.63) is 57.9 Å². The second kappa shape index (κ2) is 6.46. The summed E-state index contributed by atoms with van der Waals surface area (Å²) >= 11 is 6.25. The molecular weight excluding hydrogens is 289 g/mol. The number of hydrogen-bond acceptors (Lipinski definition) is 2. The summed E-state index contributed by atoms with van der Waals surface area (Å²) in [7, 11) is 0. The predicted molar refractivity (Wildman–Crippen MR) is 84.6 cm³/mol. The largest absolute Gasteiger partial charge is 0.457 e. The van der Waals surface area contributed by atoms with Crippen LogP contribution in [0.4, 0.5) is 4.39 Å². The van der Waals surface area contributed by atoms with Gasteiger partial charge < -0.3 is 10.5 Å². The van der Waals surface area contributed by atoms with E-state index < -0.39 is 0 Å². The van der Waals surface area contributed by atoms with Crippen molar-refractivity contribution in [1.29, 1.82) is 0 Å². The van der Waals surface area contributed by atoms with Gasteiger partial charge in [0.15, 0.2) is 0 Å². The van der Waals surface area contributed by atoms with Crippen molar-refractivity contribution in [1.82, 2.24) is 0 Å². The van der Waals surface area contributed by atoms with E-state index in [9.17, 15) is 4.39 Å². The zero-order valence-electron chi connectivity index (χ0n) is 12.4. The molecule has 21 heavy (non-hydrogen) atoms. The first kappa shape index (κ1) is 15.8. The van der Waals surface area contributed by atoms with Gasteiger partial charge in [-0.2, -0.15) is 0 Å². The van der Waals surface area contributed by atoms with E-state index in [1.54, 1.807) is 6.07 Å². The van der Waals surface area contributed by atoms with E-state index in [-0.39, 0.29) is 12.4 Å². The Morgan fingerprint density at radius 3 is 2.52 bits per heavy atom. The van der Waals surface area contributed by atoms with Crippen LogP contribution in [-0.2, 0) is 6.54 Å². The zero-order valence-corrected chi connectivity index (χ0v) is 13.2. The van der Waals surface area contributed by atoms with E-state index in [2.05, 4.69) is 13.8 Å². The van der Waals surface area contributed by atoms with E-state index >= 15 is 0 Å². The Kier molecular flexibility index (Phi) is 4.86. The molecule has 0 spiro atoms. The molecule has 2 N–H and O–H groups in total. The summed E-state index contributed by atoms with van der Waals surface area (Å²) in [5.74, 6) is 1.25. The molecule has 2 rings (SSSR count). The smallest absolute Gasteiger partial charge is 0.132 e. The Morgan fingerprint density at radius 1 is 1.19 bits per heavy atom. The standard InChI is InChI=1S/C17H19ClFNO/c1-10(2)14-8-17(11(3)6-15(14)18)21-16-5-4-13(19)7-12(16)9-20/h4-8,10H,9,20H2,1-3H3. The third kappa shape index (κ3) is 3.55. The molecule has 4 heteroatoms. The number of aryl methyl sites for hydroxylation is 1. The van der Waals surface area contributed by atoms with Crippen molar-refractivity contribution < 1.29 is 9.13 Å². The SMILES string of the molecule is Cc1cc(Cl)c(C(C)C)cc1Oc1ccc(F)cc1CN. The Labute approximate surface area is 129 Å². The van der Waals surface area contributed by atoms with Crippen molar-refractivity contribution in [2.45, 2.75) is 33.2 Å².